The zero-order valence-corrected chi connectivity index (χ0v) is 11.5. The largest absolute Gasteiger partial charge is 0.0654 e. The fourth-order valence-electron chi connectivity index (χ4n) is 2.80. The van der Waals surface area contributed by atoms with Gasteiger partial charge in [0.25, 0.3) is 0 Å². The van der Waals surface area contributed by atoms with Crippen molar-refractivity contribution < 1.29 is 0 Å². The molecule has 0 radical (unpaired) electrons. The van der Waals surface area contributed by atoms with Crippen LogP contribution in [0, 0.1) is 0 Å². The lowest BCUT2D eigenvalue weighted by molar-refractivity contribution is 0.718. The van der Waals surface area contributed by atoms with Crippen molar-refractivity contribution in [3.8, 4) is 0 Å². The average molecular weight is 248 g/mol. The summed E-state index contributed by atoms with van der Waals surface area (Å²) in [5.41, 5.74) is 1.47. The van der Waals surface area contributed by atoms with Crippen LogP contribution in [0.5, 0.6) is 0 Å². The molecule has 0 fully saturated rings. The van der Waals surface area contributed by atoms with Crippen molar-refractivity contribution in [3.05, 3.63) is 60.2 Å². The van der Waals surface area contributed by atoms with Crippen molar-refractivity contribution in [2.24, 2.45) is 0 Å². The molecule has 96 valence electrons. The third-order valence-corrected chi connectivity index (χ3v) is 3.88. The molecule has 0 spiro atoms. The first-order chi connectivity index (χ1) is 9.38. The molecule has 0 aromatic heterocycles. The van der Waals surface area contributed by atoms with Gasteiger partial charge < -0.3 is 0 Å². The molecule has 0 aliphatic heterocycles. The first-order valence-corrected chi connectivity index (χ1v) is 7.29. The maximum absolute atomic E-state index is 2.36. The highest BCUT2D eigenvalue weighted by atomic mass is 14.1. The lowest BCUT2D eigenvalue weighted by Crippen LogP contribution is -1.86. The minimum Gasteiger partial charge on any atom is -0.0654 e. The summed E-state index contributed by atoms with van der Waals surface area (Å²) in [4.78, 5) is 0. The summed E-state index contributed by atoms with van der Waals surface area (Å²) in [6.45, 7) is 2.26. The van der Waals surface area contributed by atoms with E-state index in [9.17, 15) is 0 Å². The van der Waals surface area contributed by atoms with Crippen LogP contribution in [0.2, 0.25) is 0 Å². The highest BCUT2D eigenvalue weighted by Crippen LogP contribution is 2.26. The Morgan fingerprint density at radius 1 is 0.737 bits per heavy atom. The van der Waals surface area contributed by atoms with Crippen molar-refractivity contribution in [3.63, 3.8) is 0 Å². The molecule has 3 aromatic carbocycles. The summed E-state index contributed by atoms with van der Waals surface area (Å²) in [5, 5.41) is 5.43. The van der Waals surface area contributed by atoms with E-state index in [-0.39, 0.29) is 0 Å². The van der Waals surface area contributed by atoms with Crippen LogP contribution in [-0.4, -0.2) is 0 Å². The molecule has 19 heavy (non-hydrogen) atoms. The molecule has 0 heterocycles. The number of aryl methyl sites for hydroxylation is 1. The van der Waals surface area contributed by atoms with Gasteiger partial charge in [0.15, 0.2) is 0 Å². The van der Waals surface area contributed by atoms with E-state index in [1.807, 2.05) is 0 Å². The Kier molecular flexibility index (Phi) is 3.50. The molecule has 0 atom stereocenters. The minimum absolute atomic E-state index is 1.20. The SMILES string of the molecule is CCCCCc1ccc2c(ccc3ccccc32)c1. The van der Waals surface area contributed by atoms with E-state index >= 15 is 0 Å². The third kappa shape index (κ3) is 2.49. The Morgan fingerprint density at radius 3 is 2.42 bits per heavy atom. The number of rotatable bonds is 4. The lowest BCUT2D eigenvalue weighted by atomic mass is 9.98. The second-order valence-corrected chi connectivity index (χ2v) is 5.30. The van der Waals surface area contributed by atoms with Gasteiger partial charge in [0, 0.05) is 0 Å². The molecule has 0 bridgehead atoms. The fraction of sp³-hybridized carbons (Fsp3) is 0.263. The molecule has 0 unspecified atom stereocenters. The second kappa shape index (κ2) is 5.44. The molecular formula is C19H20. The van der Waals surface area contributed by atoms with Gasteiger partial charge >= 0.3 is 0 Å². The van der Waals surface area contributed by atoms with Crippen LogP contribution < -0.4 is 0 Å². The summed E-state index contributed by atoms with van der Waals surface area (Å²) in [7, 11) is 0. The number of unbranched alkanes of at least 4 members (excludes halogenated alkanes) is 2. The van der Waals surface area contributed by atoms with E-state index < -0.39 is 0 Å². The van der Waals surface area contributed by atoms with Crippen LogP contribution >= 0.6 is 0 Å². The van der Waals surface area contributed by atoms with E-state index in [0.717, 1.165) is 0 Å². The molecule has 0 amide bonds. The highest BCUT2D eigenvalue weighted by Gasteiger charge is 2.01. The predicted molar refractivity (Wildman–Crippen MR) is 84.7 cm³/mol. The standard InChI is InChI=1S/C19H20/c1-2-3-4-7-15-10-13-19-17(14-15)12-11-16-8-5-6-9-18(16)19/h5-6,8-14H,2-4,7H2,1H3. The molecule has 0 saturated heterocycles. The number of benzene rings is 3. The fourth-order valence-corrected chi connectivity index (χ4v) is 2.80. The Labute approximate surface area is 115 Å². The van der Waals surface area contributed by atoms with Gasteiger partial charge in [-0.1, -0.05) is 74.4 Å². The summed E-state index contributed by atoms with van der Waals surface area (Å²) in [6, 6.07) is 20.1. The highest BCUT2D eigenvalue weighted by molar-refractivity contribution is 6.07. The van der Waals surface area contributed by atoms with Gasteiger partial charge in [-0.05, 0) is 39.9 Å². The predicted octanol–water partition coefficient (Wildman–Crippen LogP) is 5.73. The van der Waals surface area contributed by atoms with Crippen LogP contribution in [-0.2, 0) is 6.42 Å². The Bertz CT molecular complexity index is 695. The van der Waals surface area contributed by atoms with Gasteiger partial charge in [-0.15, -0.1) is 0 Å². The van der Waals surface area contributed by atoms with E-state index in [2.05, 4.69) is 61.5 Å². The molecule has 0 nitrogen and oxygen atoms in total. The van der Waals surface area contributed by atoms with E-state index in [1.54, 1.807) is 0 Å². The van der Waals surface area contributed by atoms with E-state index in [1.165, 1.54) is 52.8 Å². The smallest absolute Gasteiger partial charge is 0.0105 e. The topological polar surface area (TPSA) is 0 Å². The molecule has 3 rings (SSSR count). The van der Waals surface area contributed by atoms with Crippen LogP contribution in [0.15, 0.2) is 54.6 Å². The lowest BCUT2D eigenvalue weighted by Gasteiger charge is -2.06. The molecular weight excluding hydrogens is 228 g/mol. The summed E-state index contributed by atoms with van der Waals surface area (Å²) < 4.78 is 0. The van der Waals surface area contributed by atoms with Crippen molar-refractivity contribution in [2.75, 3.05) is 0 Å². The Hall–Kier alpha value is -1.82. The second-order valence-electron chi connectivity index (χ2n) is 5.30. The minimum atomic E-state index is 1.20. The number of fused-ring (bicyclic) bond motifs is 3. The van der Waals surface area contributed by atoms with Crippen LogP contribution in [0.4, 0.5) is 0 Å². The van der Waals surface area contributed by atoms with Crippen LogP contribution in [0.3, 0.4) is 0 Å². The van der Waals surface area contributed by atoms with Gasteiger partial charge in [0.05, 0.1) is 0 Å². The van der Waals surface area contributed by atoms with Gasteiger partial charge in [0.2, 0.25) is 0 Å². The molecule has 0 saturated carbocycles. The van der Waals surface area contributed by atoms with Gasteiger partial charge in [-0.3, -0.25) is 0 Å². The zero-order valence-electron chi connectivity index (χ0n) is 11.5. The van der Waals surface area contributed by atoms with Gasteiger partial charge in [-0.25, -0.2) is 0 Å². The first kappa shape index (κ1) is 12.2. The van der Waals surface area contributed by atoms with Crippen molar-refractivity contribution >= 4 is 21.5 Å². The Morgan fingerprint density at radius 2 is 1.53 bits per heavy atom. The molecule has 0 aliphatic rings. The van der Waals surface area contributed by atoms with E-state index in [0.29, 0.717) is 0 Å². The quantitative estimate of drug-likeness (QED) is 0.409. The first-order valence-electron chi connectivity index (χ1n) is 7.29. The monoisotopic (exact) mass is 248 g/mol. The van der Waals surface area contributed by atoms with Crippen LogP contribution in [0.25, 0.3) is 21.5 Å². The normalized spacial score (nSPS) is 11.2. The maximum atomic E-state index is 2.36. The molecule has 3 aromatic rings. The van der Waals surface area contributed by atoms with Gasteiger partial charge in [-0.2, -0.15) is 0 Å². The number of hydrogen-bond acceptors (Lipinski definition) is 0. The summed E-state index contributed by atoms with van der Waals surface area (Å²) in [5.74, 6) is 0. The molecule has 0 N–H and O–H groups in total. The summed E-state index contributed by atoms with van der Waals surface area (Å²) >= 11 is 0. The van der Waals surface area contributed by atoms with Crippen LogP contribution in [0.1, 0.15) is 31.7 Å². The maximum Gasteiger partial charge on any atom is -0.0105 e. The van der Waals surface area contributed by atoms with E-state index in [4.69, 9.17) is 0 Å². The molecule has 0 heteroatoms. The zero-order chi connectivity index (χ0) is 13.1. The summed E-state index contributed by atoms with van der Waals surface area (Å²) in [6.07, 6.45) is 5.13. The Balaban J connectivity index is 2.02. The van der Waals surface area contributed by atoms with Crippen molar-refractivity contribution in [1.82, 2.24) is 0 Å². The van der Waals surface area contributed by atoms with Crippen molar-refractivity contribution in [1.29, 1.82) is 0 Å². The van der Waals surface area contributed by atoms with Crippen molar-refractivity contribution in [2.45, 2.75) is 32.6 Å². The molecule has 0 aliphatic carbocycles. The number of hydrogen-bond donors (Lipinski definition) is 0. The van der Waals surface area contributed by atoms with Gasteiger partial charge in [0.1, 0.15) is 0 Å². The average Bonchev–Trinajstić information content (AvgIpc) is 2.47. The third-order valence-electron chi connectivity index (χ3n) is 3.88.